The highest BCUT2D eigenvalue weighted by Gasteiger charge is 2.54. The first kappa shape index (κ1) is 31.5. The number of nitrogens with one attached hydrogen (secondary N) is 3. The Labute approximate surface area is 273 Å². The van der Waals surface area contributed by atoms with Crippen LogP contribution in [0.3, 0.4) is 0 Å². The van der Waals surface area contributed by atoms with Crippen LogP contribution >= 0.6 is 34.9 Å². The van der Waals surface area contributed by atoms with Crippen LogP contribution in [0.4, 0.5) is 21.4 Å². The van der Waals surface area contributed by atoms with E-state index in [0.29, 0.717) is 28.0 Å². The minimum absolute atomic E-state index is 0.102. The zero-order chi connectivity index (χ0) is 32.5. The lowest BCUT2D eigenvalue weighted by Crippen LogP contribution is -2.70. The van der Waals surface area contributed by atoms with Gasteiger partial charge >= 0.3 is 12.0 Å². The number of amides is 4. The molecular formula is C26H29N11O6S3. The number of thioether (sulfide) groups is 2. The number of carboxylic acids is 1. The summed E-state index contributed by atoms with van der Waals surface area (Å²) in [4.78, 5) is 73.2. The van der Waals surface area contributed by atoms with Crippen molar-refractivity contribution in [3.8, 4) is 0 Å². The minimum Gasteiger partial charge on any atom is -0.477 e. The summed E-state index contributed by atoms with van der Waals surface area (Å²) in [6.45, 7) is 0. The third kappa shape index (κ3) is 6.18. The Hall–Kier alpha value is -4.43. The third-order valence-corrected chi connectivity index (χ3v) is 11.1. The minimum atomic E-state index is -1.24. The molecule has 1 aliphatic carbocycles. The number of aliphatic carboxylic acids is 1. The van der Waals surface area contributed by atoms with Crippen LogP contribution in [0.25, 0.3) is 0 Å². The van der Waals surface area contributed by atoms with Crippen LogP contribution in [-0.2, 0) is 27.9 Å². The molecule has 0 radical (unpaired) electrons. The third-order valence-electron chi connectivity index (χ3n) is 7.74. The van der Waals surface area contributed by atoms with Gasteiger partial charge in [-0.3, -0.25) is 24.3 Å². The van der Waals surface area contributed by atoms with Crippen molar-refractivity contribution in [3.63, 3.8) is 0 Å². The molecule has 2 fully saturated rings. The number of β-lactam (4-membered cyclic amide) rings is 1. The van der Waals surface area contributed by atoms with Gasteiger partial charge in [-0.15, -0.1) is 28.2 Å². The van der Waals surface area contributed by atoms with Gasteiger partial charge in [-0.25, -0.2) is 24.2 Å². The van der Waals surface area contributed by atoms with Crippen LogP contribution in [-0.4, -0.2) is 93.0 Å². The summed E-state index contributed by atoms with van der Waals surface area (Å²) in [6, 6.07) is -0.0381. The summed E-state index contributed by atoms with van der Waals surface area (Å²) in [7, 11) is 1.67. The van der Waals surface area contributed by atoms with E-state index in [1.807, 2.05) is 0 Å². The van der Waals surface area contributed by atoms with E-state index in [1.165, 1.54) is 39.3 Å². The standard InChI is InChI=1S/C26H29N11O6S3/c1-35-26(32-33-34-35)46-11-13-10-45-22-17(20(40)37(22)18(13)23(41)42)30-16(38)8-12-6-7-44-21(12)36(24(27)43)15-9-28-25(31-19(15)39)29-14-4-2-3-5-14/h6-7,9,14,17,22H,2-5,8,10-11H2,1H3,(H2,27,43)(H,30,38)(H,41,42)(H2,28,29,31,39)/t17?,22-/m0/s1. The van der Waals surface area contributed by atoms with Crippen molar-refractivity contribution < 1.29 is 24.3 Å². The predicted molar refractivity (Wildman–Crippen MR) is 170 cm³/mol. The van der Waals surface area contributed by atoms with Crippen molar-refractivity contribution in [2.45, 2.75) is 54.7 Å². The number of thiophene rings is 1. The number of aromatic amines is 1. The Morgan fingerprint density at radius 1 is 1.26 bits per heavy atom. The number of carbonyl (C=O) groups is 4. The van der Waals surface area contributed by atoms with Crippen LogP contribution in [0.1, 0.15) is 31.2 Å². The second-order valence-corrected chi connectivity index (χ2v) is 13.7. The Bertz CT molecular complexity index is 1780. The summed E-state index contributed by atoms with van der Waals surface area (Å²) < 4.78 is 1.46. The summed E-state index contributed by atoms with van der Waals surface area (Å²) in [5.74, 6) is -1.41. The maximum Gasteiger partial charge on any atom is 0.352 e. The second-order valence-electron chi connectivity index (χ2n) is 10.8. The molecule has 2 atom stereocenters. The molecule has 242 valence electrons. The molecule has 4 amide bonds. The molecule has 20 heteroatoms. The smallest absolute Gasteiger partial charge is 0.352 e. The molecule has 1 saturated carbocycles. The van der Waals surface area contributed by atoms with Gasteiger partial charge in [-0.2, -0.15) is 0 Å². The first-order valence-corrected chi connectivity index (χ1v) is 17.1. The fourth-order valence-electron chi connectivity index (χ4n) is 5.56. The largest absolute Gasteiger partial charge is 0.477 e. The number of fused-ring (bicyclic) bond motifs is 1. The second kappa shape index (κ2) is 13.1. The van der Waals surface area contributed by atoms with Gasteiger partial charge in [0.05, 0.1) is 12.6 Å². The number of anilines is 3. The van der Waals surface area contributed by atoms with E-state index in [9.17, 15) is 29.1 Å². The van der Waals surface area contributed by atoms with Crippen LogP contribution in [0, 0.1) is 0 Å². The summed E-state index contributed by atoms with van der Waals surface area (Å²) in [5.41, 5.74) is 5.84. The van der Waals surface area contributed by atoms with Gasteiger partial charge < -0.3 is 21.5 Å². The zero-order valence-electron chi connectivity index (χ0n) is 24.3. The predicted octanol–water partition coefficient (Wildman–Crippen LogP) is 1.000. The zero-order valence-corrected chi connectivity index (χ0v) is 26.8. The van der Waals surface area contributed by atoms with Crippen molar-refractivity contribution in [2.75, 3.05) is 21.7 Å². The number of aromatic nitrogens is 6. The molecular weight excluding hydrogens is 659 g/mol. The van der Waals surface area contributed by atoms with Crippen molar-refractivity contribution in [2.24, 2.45) is 12.8 Å². The number of primary amides is 1. The molecule has 46 heavy (non-hydrogen) atoms. The molecule has 3 aliphatic rings. The average Bonchev–Trinajstić information content (AvgIpc) is 3.79. The number of H-pyrrole nitrogens is 1. The van der Waals surface area contributed by atoms with E-state index in [2.05, 4.69) is 36.1 Å². The molecule has 0 spiro atoms. The lowest BCUT2D eigenvalue weighted by Gasteiger charge is -2.49. The first-order valence-electron chi connectivity index (χ1n) is 14.2. The normalized spacial score (nSPS) is 19.5. The van der Waals surface area contributed by atoms with Gasteiger partial charge in [-0.1, -0.05) is 24.6 Å². The fraction of sp³-hybridized carbons (Fsp3) is 0.423. The fourth-order valence-corrected chi connectivity index (χ4v) is 8.84. The van der Waals surface area contributed by atoms with E-state index in [0.717, 1.165) is 41.9 Å². The highest BCUT2D eigenvalue weighted by atomic mass is 32.2. The van der Waals surface area contributed by atoms with Crippen molar-refractivity contribution in [1.29, 1.82) is 0 Å². The summed E-state index contributed by atoms with van der Waals surface area (Å²) in [6.07, 6.45) is 5.18. The summed E-state index contributed by atoms with van der Waals surface area (Å²) in [5, 5.41) is 28.9. The van der Waals surface area contributed by atoms with Gasteiger partial charge in [0.1, 0.15) is 27.8 Å². The molecule has 0 bridgehead atoms. The van der Waals surface area contributed by atoms with Crippen LogP contribution in [0.15, 0.2) is 38.9 Å². The van der Waals surface area contributed by atoms with Gasteiger partial charge in [0, 0.05) is 24.6 Å². The molecule has 5 heterocycles. The molecule has 6 rings (SSSR count). The molecule has 0 aromatic carbocycles. The molecule has 1 unspecified atom stereocenters. The monoisotopic (exact) mass is 687 g/mol. The summed E-state index contributed by atoms with van der Waals surface area (Å²) >= 11 is 3.71. The number of tetrazole rings is 1. The van der Waals surface area contributed by atoms with Gasteiger partial charge in [-0.05, 0) is 45.9 Å². The topological polar surface area (TPSA) is 234 Å². The Balaban J connectivity index is 1.13. The maximum absolute atomic E-state index is 13.2. The molecule has 2 aliphatic heterocycles. The van der Waals surface area contributed by atoms with Gasteiger partial charge in [0.15, 0.2) is 0 Å². The lowest BCUT2D eigenvalue weighted by atomic mass is 10.0. The van der Waals surface area contributed by atoms with Gasteiger partial charge in [0.25, 0.3) is 11.5 Å². The van der Waals surface area contributed by atoms with Gasteiger partial charge in [0.2, 0.25) is 17.0 Å². The van der Waals surface area contributed by atoms with E-state index in [4.69, 9.17) is 5.73 Å². The van der Waals surface area contributed by atoms with E-state index in [1.54, 1.807) is 18.5 Å². The quantitative estimate of drug-likeness (QED) is 0.140. The molecule has 3 aromatic rings. The number of rotatable bonds is 11. The number of aryl methyl sites for hydroxylation is 1. The van der Waals surface area contributed by atoms with Crippen LogP contribution in [0.5, 0.6) is 0 Å². The highest BCUT2D eigenvalue weighted by Crippen LogP contribution is 2.41. The Morgan fingerprint density at radius 3 is 2.72 bits per heavy atom. The van der Waals surface area contributed by atoms with Crippen LogP contribution < -0.4 is 26.8 Å². The number of hydrogen-bond donors (Lipinski definition) is 5. The average molecular weight is 688 g/mol. The van der Waals surface area contributed by atoms with E-state index < -0.39 is 40.8 Å². The van der Waals surface area contributed by atoms with E-state index in [-0.39, 0.29) is 34.6 Å². The number of carbonyl (C=O) groups excluding carboxylic acids is 3. The first-order chi connectivity index (χ1) is 22.1. The van der Waals surface area contributed by atoms with Crippen LogP contribution in [0.2, 0.25) is 0 Å². The highest BCUT2D eigenvalue weighted by molar-refractivity contribution is 8.01. The number of nitrogens with zero attached hydrogens (tertiary/aromatic N) is 7. The Morgan fingerprint density at radius 2 is 2.04 bits per heavy atom. The van der Waals surface area contributed by atoms with Crippen molar-refractivity contribution >= 4 is 75.3 Å². The number of hydrogen-bond acceptors (Lipinski definition) is 13. The molecule has 6 N–H and O–H groups in total. The number of nitrogens with two attached hydrogens (primary N) is 1. The van der Waals surface area contributed by atoms with Crippen molar-refractivity contribution in [3.05, 3.63) is 44.8 Å². The number of urea groups is 1. The molecule has 3 aromatic heterocycles. The molecule has 17 nitrogen and oxygen atoms in total. The Kier molecular flexibility index (Phi) is 9.00. The van der Waals surface area contributed by atoms with E-state index >= 15 is 0 Å². The maximum atomic E-state index is 13.2. The SMILES string of the molecule is Cn1nnnc1SCC1=C(C(=O)O)N2C(=O)C(NC(=O)Cc3ccsc3N(C(N)=O)c3cnc(NC4CCCC4)[nH]c3=O)[C@@H]2SC1. The number of carboxylic acid groups (broad SMARTS) is 1. The van der Waals surface area contributed by atoms with Crippen molar-refractivity contribution in [1.82, 2.24) is 40.4 Å². The lowest BCUT2D eigenvalue weighted by molar-refractivity contribution is -0.150. The molecule has 1 saturated heterocycles.